The topological polar surface area (TPSA) is 115 Å². The Kier molecular flexibility index (Phi) is 8.91. The highest BCUT2D eigenvalue weighted by Crippen LogP contribution is 2.16. The highest BCUT2D eigenvalue weighted by atomic mass is 19.1. The standard InChI is InChI=1S/C10H13F2N3.C9H11F2N3/c1-6-8(11)4-3-7(9(6)12)5-15-10(13)14-2;1-5-7(10)3-2-6(8(5)11)4-14-9(12)13/h3-4H,5H2,1-2H3,(H3,13,14,15);2-3H,4H2,1H3,(H4,12,13,14). The fourth-order valence-corrected chi connectivity index (χ4v) is 2.14. The van der Waals surface area contributed by atoms with Gasteiger partial charge in [0.2, 0.25) is 0 Å². The first kappa shape index (κ1) is 23.7. The summed E-state index contributed by atoms with van der Waals surface area (Å²) in [6.07, 6.45) is 0. The fourth-order valence-electron chi connectivity index (χ4n) is 2.14. The third kappa shape index (κ3) is 6.98. The monoisotopic (exact) mass is 412 g/mol. The Bertz CT molecular complexity index is 908. The van der Waals surface area contributed by atoms with Crippen molar-refractivity contribution >= 4 is 11.9 Å². The number of benzene rings is 2. The molecule has 0 aromatic heterocycles. The number of hydrogen-bond donors (Lipinski definition) is 4. The molecule has 2 aromatic carbocycles. The van der Waals surface area contributed by atoms with E-state index in [0.29, 0.717) is 5.56 Å². The van der Waals surface area contributed by atoms with Gasteiger partial charge in [-0.25, -0.2) is 22.6 Å². The average Bonchev–Trinajstić information content (AvgIpc) is 2.69. The molecular formula is C19H24F4N6. The number of halogens is 4. The van der Waals surface area contributed by atoms with Gasteiger partial charge in [-0.1, -0.05) is 12.1 Å². The lowest BCUT2D eigenvalue weighted by Gasteiger charge is -2.08. The van der Waals surface area contributed by atoms with Crippen LogP contribution in [0.2, 0.25) is 0 Å². The number of nitrogens with two attached hydrogens (primary N) is 3. The van der Waals surface area contributed by atoms with Crippen LogP contribution >= 0.6 is 0 Å². The molecule has 0 bridgehead atoms. The van der Waals surface area contributed by atoms with E-state index < -0.39 is 23.3 Å². The number of nitrogens with zero attached hydrogens (tertiary/aromatic N) is 2. The Labute approximate surface area is 166 Å². The van der Waals surface area contributed by atoms with E-state index in [1.807, 2.05) is 0 Å². The maximum absolute atomic E-state index is 13.5. The van der Waals surface area contributed by atoms with Gasteiger partial charge in [0.05, 0.1) is 6.54 Å². The van der Waals surface area contributed by atoms with Crippen molar-refractivity contribution in [3.63, 3.8) is 0 Å². The summed E-state index contributed by atoms with van der Waals surface area (Å²) in [7, 11) is 1.52. The molecule has 0 fully saturated rings. The predicted octanol–water partition coefficient (Wildman–Crippen LogP) is 2.35. The van der Waals surface area contributed by atoms with Gasteiger partial charge >= 0.3 is 0 Å². The van der Waals surface area contributed by atoms with Crippen LogP contribution in [0.15, 0.2) is 34.3 Å². The van der Waals surface area contributed by atoms with E-state index in [1.165, 1.54) is 45.2 Å². The second-order valence-corrected chi connectivity index (χ2v) is 5.99. The molecule has 2 aromatic rings. The molecule has 7 N–H and O–H groups in total. The Morgan fingerprint density at radius 1 is 0.862 bits per heavy atom. The SMILES string of the molecule is CN=C(N)NCc1ccc(F)c(C)c1F.Cc1c(F)ccc(CN=C(N)N)c1F. The third-order valence-corrected chi connectivity index (χ3v) is 3.93. The zero-order chi connectivity index (χ0) is 22.1. The summed E-state index contributed by atoms with van der Waals surface area (Å²) < 4.78 is 52.5. The summed E-state index contributed by atoms with van der Waals surface area (Å²) >= 11 is 0. The second-order valence-electron chi connectivity index (χ2n) is 5.99. The van der Waals surface area contributed by atoms with Gasteiger partial charge in [0.1, 0.15) is 23.3 Å². The summed E-state index contributed by atoms with van der Waals surface area (Å²) in [5, 5.41) is 2.70. The van der Waals surface area contributed by atoms with Gasteiger partial charge in [-0.2, -0.15) is 0 Å². The molecule has 0 radical (unpaired) electrons. The van der Waals surface area contributed by atoms with Crippen molar-refractivity contribution in [1.82, 2.24) is 5.32 Å². The van der Waals surface area contributed by atoms with Gasteiger partial charge in [0.25, 0.3) is 0 Å². The quantitative estimate of drug-likeness (QED) is 0.351. The summed E-state index contributed by atoms with van der Waals surface area (Å²) in [5.41, 5.74) is 16.2. The molecule has 0 unspecified atom stereocenters. The van der Waals surface area contributed by atoms with Crippen molar-refractivity contribution in [2.75, 3.05) is 7.05 Å². The lowest BCUT2D eigenvalue weighted by atomic mass is 10.1. The minimum absolute atomic E-state index is 0.0151. The van der Waals surface area contributed by atoms with Crippen LogP contribution in [-0.4, -0.2) is 19.0 Å². The Balaban J connectivity index is 0.000000291. The van der Waals surface area contributed by atoms with Gasteiger partial charge in [-0.15, -0.1) is 0 Å². The van der Waals surface area contributed by atoms with E-state index in [-0.39, 0.29) is 41.7 Å². The molecule has 29 heavy (non-hydrogen) atoms. The van der Waals surface area contributed by atoms with Gasteiger partial charge in [-0.05, 0) is 26.0 Å². The molecule has 0 saturated carbocycles. The zero-order valence-corrected chi connectivity index (χ0v) is 16.4. The molecule has 158 valence electrons. The van der Waals surface area contributed by atoms with Gasteiger partial charge in [-0.3, -0.25) is 4.99 Å². The third-order valence-electron chi connectivity index (χ3n) is 3.93. The van der Waals surface area contributed by atoms with Crippen LogP contribution in [0.3, 0.4) is 0 Å². The van der Waals surface area contributed by atoms with E-state index in [4.69, 9.17) is 17.2 Å². The van der Waals surface area contributed by atoms with Crippen LogP contribution in [0.1, 0.15) is 22.3 Å². The molecule has 0 heterocycles. The molecular weight excluding hydrogens is 388 g/mol. The van der Waals surface area contributed by atoms with Crippen molar-refractivity contribution in [1.29, 1.82) is 0 Å². The summed E-state index contributed by atoms with van der Waals surface area (Å²) in [4.78, 5) is 7.30. The van der Waals surface area contributed by atoms with Crippen LogP contribution in [0.4, 0.5) is 17.6 Å². The van der Waals surface area contributed by atoms with E-state index in [1.54, 1.807) is 0 Å². The average molecular weight is 412 g/mol. The number of guanidine groups is 2. The molecule has 0 saturated heterocycles. The molecule has 10 heteroatoms. The van der Waals surface area contributed by atoms with Gasteiger partial charge in [0.15, 0.2) is 11.9 Å². The lowest BCUT2D eigenvalue weighted by molar-refractivity contribution is 0.555. The summed E-state index contributed by atoms with van der Waals surface area (Å²) in [5.74, 6) is -2.17. The minimum atomic E-state index is -0.602. The van der Waals surface area contributed by atoms with Gasteiger partial charge < -0.3 is 22.5 Å². The summed E-state index contributed by atoms with van der Waals surface area (Å²) in [6, 6.07) is 5.13. The maximum Gasteiger partial charge on any atom is 0.188 e. The molecule has 0 amide bonds. The number of hydrogen-bond acceptors (Lipinski definition) is 2. The number of rotatable bonds is 4. The first-order chi connectivity index (χ1) is 13.6. The van der Waals surface area contributed by atoms with Crippen LogP contribution in [0.25, 0.3) is 0 Å². The molecule has 6 nitrogen and oxygen atoms in total. The van der Waals surface area contributed by atoms with E-state index in [9.17, 15) is 17.6 Å². The summed E-state index contributed by atoms with van der Waals surface area (Å²) in [6.45, 7) is 2.97. The Hall–Kier alpha value is -3.30. The second kappa shape index (κ2) is 10.9. The Morgan fingerprint density at radius 2 is 1.34 bits per heavy atom. The maximum atomic E-state index is 13.5. The van der Waals surface area contributed by atoms with Crippen LogP contribution in [-0.2, 0) is 13.1 Å². The normalized spacial score (nSPS) is 10.8. The molecule has 0 aliphatic heterocycles. The lowest BCUT2D eigenvalue weighted by Crippen LogP contribution is -2.31. The molecule has 0 spiro atoms. The molecule has 0 atom stereocenters. The number of nitrogens with one attached hydrogen (secondary N) is 1. The van der Waals surface area contributed by atoms with Crippen molar-refractivity contribution in [2.24, 2.45) is 27.2 Å². The molecule has 0 aliphatic rings. The van der Waals surface area contributed by atoms with Crippen molar-refractivity contribution in [3.8, 4) is 0 Å². The molecule has 0 aliphatic carbocycles. The van der Waals surface area contributed by atoms with E-state index in [0.717, 1.165) is 0 Å². The zero-order valence-electron chi connectivity index (χ0n) is 16.4. The van der Waals surface area contributed by atoms with E-state index in [2.05, 4.69) is 15.3 Å². The Morgan fingerprint density at radius 3 is 1.83 bits per heavy atom. The van der Waals surface area contributed by atoms with Crippen molar-refractivity contribution in [3.05, 3.63) is 69.8 Å². The largest absolute Gasteiger partial charge is 0.370 e. The first-order valence-corrected chi connectivity index (χ1v) is 8.46. The molecule has 2 rings (SSSR count). The minimum Gasteiger partial charge on any atom is -0.370 e. The first-order valence-electron chi connectivity index (χ1n) is 8.46. The van der Waals surface area contributed by atoms with E-state index >= 15 is 0 Å². The highest BCUT2D eigenvalue weighted by molar-refractivity contribution is 5.77. The van der Waals surface area contributed by atoms with Crippen molar-refractivity contribution < 1.29 is 17.6 Å². The van der Waals surface area contributed by atoms with Gasteiger partial charge in [0, 0.05) is 35.8 Å². The predicted molar refractivity (Wildman–Crippen MR) is 106 cm³/mol. The number of aliphatic imine (C=N–C) groups is 2. The van der Waals surface area contributed by atoms with Crippen molar-refractivity contribution in [2.45, 2.75) is 26.9 Å². The smallest absolute Gasteiger partial charge is 0.188 e. The highest BCUT2D eigenvalue weighted by Gasteiger charge is 2.10. The van der Waals surface area contributed by atoms with Crippen LogP contribution < -0.4 is 22.5 Å². The fraction of sp³-hybridized carbons (Fsp3) is 0.263. The van der Waals surface area contributed by atoms with Crippen LogP contribution in [0.5, 0.6) is 0 Å². The van der Waals surface area contributed by atoms with Crippen LogP contribution in [0, 0.1) is 37.1 Å².